The van der Waals surface area contributed by atoms with Gasteiger partial charge in [-0.1, -0.05) is 0 Å². The molecule has 4 rings (SSSR count). The maximum absolute atomic E-state index is 13.9. The number of piperazine rings is 1. The van der Waals surface area contributed by atoms with Gasteiger partial charge >= 0.3 is 0 Å². The average Bonchev–Trinajstić information content (AvgIpc) is 3.26. The van der Waals surface area contributed by atoms with Crippen molar-refractivity contribution >= 4 is 11.8 Å². The van der Waals surface area contributed by atoms with Gasteiger partial charge in [-0.15, -0.1) is 0 Å². The van der Waals surface area contributed by atoms with Crippen molar-refractivity contribution in [3.8, 4) is 0 Å². The molecule has 30 heavy (non-hydrogen) atoms. The van der Waals surface area contributed by atoms with Gasteiger partial charge in [0.15, 0.2) is 0 Å². The summed E-state index contributed by atoms with van der Waals surface area (Å²) in [7, 11) is 0. The number of halogens is 2. The number of furan rings is 1. The first-order chi connectivity index (χ1) is 14.5. The quantitative estimate of drug-likeness (QED) is 0.768. The summed E-state index contributed by atoms with van der Waals surface area (Å²) in [4.78, 5) is 31.1. The molecule has 0 saturated carbocycles. The van der Waals surface area contributed by atoms with E-state index in [9.17, 15) is 18.4 Å². The molecule has 0 unspecified atom stereocenters. The van der Waals surface area contributed by atoms with Crippen molar-refractivity contribution in [3.63, 3.8) is 0 Å². The molecule has 3 heterocycles. The first-order valence-electron chi connectivity index (χ1n) is 10.3. The molecule has 2 aliphatic heterocycles. The summed E-state index contributed by atoms with van der Waals surface area (Å²) in [6.45, 7) is 4.49. The van der Waals surface area contributed by atoms with Crippen LogP contribution in [0.5, 0.6) is 0 Å². The number of amides is 2. The highest BCUT2D eigenvalue weighted by molar-refractivity contribution is 5.94. The summed E-state index contributed by atoms with van der Waals surface area (Å²) in [6, 6.07) is 6.79. The molecule has 6 nitrogen and oxygen atoms in total. The molecule has 1 aromatic carbocycles. The van der Waals surface area contributed by atoms with E-state index in [4.69, 9.17) is 4.42 Å². The van der Waals surface area contributed by atoms with Crippen molar-refractivity contribution in [2.24, 2.45) is 5.92 Å². The van der Waals surface area contributed by atoms with Crippen LogP contribution in [0.15, 0.2) is 41.0 Å². The molecular formula is C22H25F2N3O3. The first kappa shape index (κ1) is 20.5. The maximum atomic E-state index is 13.9. The Kier molecular flexibility index (Phi) is 6.13. The molecule has 2 aliphatic rings. The SMILES string of the molecule is O=C(c1ccc(F)cc1F)N1CCC(C(=O)N2CCN(Cc3ccco3)CC2)CC1. The van der Waals surface area contributed by atoms with Gasteiger partial charge in [0.2, 0.25) is 5.91 Å². The van der Waals surface area contributed by atoms with Crippen LogP contribution >= 0.6 is 0 Å². The Morgan fingerprint density at radius 3 is 2.33 bits per heavy atom. The fourth-order valence-electron chi connectivity index (χ4n) is 4.17. The lowest BCUT2D eigenvalue weighted by Gasteiger charge is -2.38. The monoisotopic (exact) mass is 417 g/mol. The second kappa shape index (κ2) is 8.95. The number of piperidine rings is 1. The van der Waals surface area contributed by atoms with Crippen molar-refractivity contribution in [1.82, 2.24) is 14.7 Å². The summed E-state index contributed by atoms with van der Waals surface area (Å²) in [5, 5.41) is 0. The lowest BCUT2D eigenvalue weighted by atomic mass is 9.94. The molecule has 160 valence electrons. The molecule has 2 amide bonds. The largest absolute Gasteiger partial charge is 0.468 e. The third-order valence-corrected chi connectivity index (χ3v) is 5.94. The van der Waals surface area contributed by atoms with Gasteiger partial charge in [0.05, 0.1) is 18.4 Å². The van der Waals surface area contributed by atoms with E-state index < -0.39 is 17.5 Å². The number of benzene rings is 1. The molecule has 0 spiro atoms. The number of hydrogen-bond donors (Lipinski definition) is 0. The summed E-state index contributed by atoms with van der Waals surface area (Å²) in [6.07, 6.45) is 2.77. The third kappa shape index (κ3) is 4.53. The van der Waals surface area contributed by atoms with E-state index in [0.717, 1.165) is 37.5 Å². The molecule has 2 fully saturated rings. The number of carbonyl (C=O) groups excluding carboxylic acids is 2. The molecule has 1 aromatic heterocycles. The normalized spacial score (nSPS) is 18.6. The average molecular weight is 417 g/mol. The molecule has 0 N–H and O–H groups in total. The standard InChI is InChI=1S/C22H25F2N3O3/c23-17-3-4-19(20(24)14-17)22(29)26-7-5-16(6-8-26)21(28)27-11-9-25(10-12-27)15-18-2-1-13-30-18/h1-4,13-14,16H,5-12,15H2. The Morgan fingerprint density at radius 2 is 1.70 bits per heavy atom. The van der Waals surface area contributed by atoms with Gasteiger partial charge in [0, 0.05) is 51.3 Å². The molecule has 8 heteroatoms. The molecule has 0 aliphatic carbocycles. The molecule has 0 bridgehead atoms. The minimum Gasteiger partial charge on any atom is -0.468 e. The number of likely N-dealkylation sites (tertiary alicyclic amines) is 1. The van der Waals surface area contributed by atoms with Crippen molar-refractivity contribution in [2.45, 2.75) is 19.4 Å². The van der Waals surface area contributed by atoms with Gasteiger partial charge in [0.1, 0.15) is 17.4 Å². The van der Waals surface area contributed by atoms with Crippen LogP contribution in [-0.4, -0.2) is 65.8 Å². The van der Waals surface area contributed by atoms with Crippen LogP contribution in [0.25, 0.3) is 0 Å². The smallest absolute Gasteiger partial charge is 0.256 e. The minimum absolute atomic E-state index is 0.122. The van der Waals surface area contributed by atoms with Gasteiger partial charge in [0.25, 0.3) is 5.91 Å². The van der Waals surface area contributed by atoms with Crippen molar-refractivity contribution in [2.75, 3.05) is 39.3 Å². The number of carbonyl (C=O) groups is 2. The van der Waals surface area contributed by atoms with E-state index in [2.05, 4.69) is 4.90 Å². The van der Waals surface area contributed by atoms with E-state index in [-0.39, 0.29) is 17.4 Å². The summed E-state index contributed by atoms with van der Waals surface area (Å²) < 4.78 is 32.4. The fraction of sp³-hybridized carbons (Fsp3) is 0.455. The van der Waals surface area contributed by atoms with Crippen molar-refractivity contribution in [3.05, 3.63) is 59.6 Å². The minimum atomic E-state index is -0.856. The first-order valence-corrected chi connectivity index (χ1v) is 10.3. The zero-order chi connectivity index (χ0) is 21.1. The Morgan fingerprint density at radius 1 is 0.967 bits per heavy atom. The number of hydrogen-bond acceptors (Lipinski definition) is 4. The molecular weight excluding hydrogens is 392 g/mol. The highest BCUT2D eigenvalue weighted by Gasteiger charge is 2.32. The third-order valence-electron chi connectivity index (χ3n) is 5.94. The topological polar surface area (TPSA) is 57.0 Å². The summed E-state index contributed by atoms with van der Waals surface area (Å²) in [5.74, 6) is -1.09. The zero-order valence-electron chi connectivity index (χ0n) is 16.7. The Hall–Kier alpha value is -2.74. The van der Waals surface area contributed by atoms with Gasteiger partial charge < -0.3 is 14.2 Å². The zero-order valence-corrected chi connectivity index (χ0v) is 16.7. The van der Waals surface area contributed by atoms with Crippen molar-refractivity contribution in [1.29, 1.82) is 0 Å². The van der Waals surface area contributed by atoms with E-state index in [0.29, 0.717) is 39.0 Å². The predicted octanol–water partition coefficient (Wildman–Crippen LogP) is 2.75. The van der Waals surface area contributed by atoms with Crippen LogP contribution in [0, 0.1) is 17.6 Å². The second-order valence-electron chi connectivity index (χ2n) is 7.87. The van der Waals surface area contributed by atoms with Gasteiger partial charge in [-0.25, -0.2) is 8.78 Å². The number of nitrogens with zero attached hydrogens (tertiary/aromatic N) is 3. The maximum Gasteiger partial charge on any atom is 0.256 e. The Bertz CT molecular complexity index is 887. The molecule has 0 atom stereocenters. The second-order valence-corrected chi connectivity index (χ2v) is 7.87. The van der Waals surface area contributed by atoms with Gasteiger partial charge in [-0.3, -0.25) is 14.5 Å². The van der Waals surface area contributed by atoms with E-state index >= 15 is 0 Å². The van der Waals surface area contributed by atoms with E-state index in [1.54, 1.807) is 11.2 Å². The van der Waals surface area contributed by atoms with Gasteiger partial charge in [-0.2, -0.15) is 0 Å². The van der Waals surface area contributed by atoms with Gasteiger partial charge in [-0.05, 0) is 37.1 Å². The number of rotatable bonds is 4. The Labute approximate surface area is 174 Å². The van der Waals surface area contributed by atoms with Crippen LogP contribution in [0.4, 0.5) is 8.78 Å². The van der Waals surface area contributed by atoms with Crippen LogP contribution in [0.2, 0.25) is 0 Å². The molecule has 2 saturated heterocycles. The molecule has 2 aromatic rings. The lowest BCUT2D eigenvalue weighted by molar-refractivity contribution is -0.138. The van der Waals surface area contributed by atoms with Crippen molar-refractivity contribution < 1.29 is 22.8 Å². The highest BCUT2D eigenvalue weighted by Crippen LogP contribution is 2.23. The van der Waals surface area contributed by atoms with Crippen LogP contribution in [-0.2, 0) is 11.3 Å². The summed E-state index contributed by atoms with van der Waals surface area (Å²) in [5.41, 5.74) is -0.131. The predicted molar refractivity (Wildman–Crippen MR) is 106 cm³/mol. The van der Waals surface area contributed by atoms with Crippen LogP contribution in [0.3, 0.4) is 0 Å². The van der Waals surface area contributed by atoms with E-state index in [1.807, 2.05) is 17.0 Å². The fourth-order valence-corrected chi connectivity index (χ4v) is 4.17. The highest BCUT2D eigenvalue weighted by atomic mass is 19.1. The van der Waals surface area contributed by atoms with Crippen LogP contribution in [0.1, 0.15) is 29.0 Å². The summed E-state index contributed by atoms with van der Waals surface area (Å²) >= 11 is 0. The molecule has 0 radical (unpaired) electrons. The van der Waals surface area contributed by atoms with Crippen LogP contribution < -0.4 is 0 Å². The Balaban J connectivity index is 1.26. The van der Waals surface area contributed by atoms with E-state index in [1.165, 1.54) is 6.07 Å². The lowest BCUT2D eigenvalue weighted by Crippen LogP contribution is -2.51.